The van der Waals surface area contributed by atoms with Gasteiger partial charge >= 0.3 is 0 Å². The maximum absolute atomic E-state index is 3.41. The summed E-state index contributed by atoms with van der Waals surface area (Å²) in [5.41, 5.74) is 1.34. The molecule has 2 heteroatoms. The lowest BCUT2D eigenvalue weighted by Gasteiger charge is -2.05. The smallest absolute Gasteiger partial charge is 0.0206 e. The molecule has 0 saturated heterocycles. The maximum atomic E-state index is 3.41. The van der Waals surface area contributed by atoms with Crippen LogP contribution in [0.2, 0.25) is 0 Å². The SMILES string of the molecule is C/C=C\CCNCCNCc1ccccc1. The quantitative estimate of drug-likeness (QED) is 0.517. The van der Waals surface area contributed by atoms with Gasteiger partial charge in [0.05, 0.1) is 0 Å². The van der Waals surface area contributed by atoms with Crippen LogP contribution in [0.3, 0.4) is 0 Å². The minimum Gasteiger partial charge on any atom is -0.315 e. The molecule has 1 rings (SSSR count). The van der Waals surface area contributed by atoms with Gasteiger partial charge in [0.1, 0.15) is 0 Å². The molecule has 0 aliphatic carbocycles. The molecule has 0 aromatic heterocycles. The fourth-order valence-electron chi connectivity index (χ4n) is 1.48. The van der Waals surface area contributed by atoms with Gasteiger partial charge in [-0.05, 0) is 25.5 Å². The van der Waals surface area contributed by atoms with E-state index in [-0.39, 0.29) is 0 Å². The van der Waals surface area contributed by atoms with Crippen LogP contribution < -0.4 is 10.6 Å². The number of hydrogen-bond acceptors (Lipinski definition) is 2. The van der Waals surface area contributed by atoms with Crippen molar-refractivity contribution in [2.45, 2.75) is 19.9 Å². The lowest BCUT2D eigenvalue weighted by Crippen LogP contribution is -2.27. The van der Waals surface area contributed by atoms with Gasteiger partial charge in [-0.25, -0.2) is 0 Å². The van der Waals surface area contributed by atoms with Gasteiger partial charge in [-0.2, -0.15) is 0 Å². The third kappa shape index (κ3) is 6.38. The van der Waals surface area contributed by atoms with E-state index < -0.39 is 0 Å². The summed E-state index contributed by atoms with van der Waals surface area (Å²) >= 11 is 0. The van der Waals surface area contributed by atoms with E-state index in [9.17, 15) is 0 Å². The highest BCUT2D eigenvalue weighted by atomic mass is 14.9. The van der Waals surface area contributed by atoms with Gasteiger partial charge in [0, 0.05) is 19.6 Å². The Labute approximate surface area is 98.8 Å². The largest absolute Gasteiger partial charge is 0.315 e. The van der Waals surface area contributed by atoms with E-state index in [0.29, 0.717) is 0 Å². The first-order chi connectivity index (χ1) is 7.93. The van der Waals surface area contributed by atoms with Gasteiger partial charge in [-0.3, -0.25) is 0 Å². The second-order valence-electron chi connectivity index (χ2n) is 3.77. The summed E-state index contributed by atoms with van der Waals surface area (Å²) < 4.78 is 0. The average molecular weight is 218 g/mol. The Bertz CT molecular complexity index is 280. The van der Waals surface area contributed by atoms with Crippen LogP contribution in [-0.2, 0) is 6.54 Å². The first-order valence-electron chi connectivity index (χ1n) is 6.00. The van der Waals surface area contributed by atoms with Gasteiger partial charge in [0.2, 0.25) is 0 Å². The molecular weight excluding hydrogens is 196 g/mol. The molecule has 0 bridgehead atoms. The zero-order valence-electron chi connectivity index (χ0n) is 10.1. The van der Waals surface area contributed by atoms with Crippen molar-refractivity contribution in [2.24, 2.45) is 0 Å². The van der Waals surface area contributed by atoms with Crippen LogP contribution in [-0.4, -0.2) is 19.6 Å². The van der Waals surface area contributed by atoms with Crippen molar-refractivity contribution in [1.29, 1.82) is 0 Å². The van der Waals surface area contributed by atoms with Gasteiger partial charge in [-0.15, -0.1) is 0 Å². The van der Waals surface area contributed by atoms with E-state index >= 15 is 0 Å². The molecule has 16 heavy (non-hydrogen) atoms. The first-order valence-corrected chi connectivity index (χ1v) is 6.00. The fraction of sp³-hybridized carbons (Fsp3) is 0.429. The Hall–Kier alpha value is -1.12. The molecule has 0 aliphatic rings. The zero-order chi connectivity index (χ0) is 11.5. The summed E-state index contributed by atoms with van der Waals surface area (Å²) in [5, 5.41) is 6.80. The van der Waals surface area contributed by atoms with Gasteiger partial charge in [0.15, 0.2) is 0 Å². The van der Waals surface area contributed by atoms with E-state index in [1.807, 2.05) is 6.07 Å². The fourth-order valence-corrected chi connectivity index (χ4v) is 1.48. The number of allylic oxidation sites excluding steroid dienone is 1. The molecule has 88 valence electrons. The van der Waals surface area contributed by atoms with Crippen molar-refractivity contribution in [3.8, 4) is 0 Å². The van der Waals surface area contributed by atoms with Crippen LogP contribution in [0.1, 0.15) is 18.9 Å². The average Bonchev–Trinajstić information content (AvgIpc) is 2.34. The predicted molar refractivity (Wildman–Crippen MR) is 70.4 cm³/mol. The second-order valence-corrected chi connectivity index (χ2v) is 3.77. The van der Waals surface area contributed by atoms with Crippen LogP contribution in [0.15, 0.2) is 42.5 Å². The molecule has 1 aromatic rings. The highest BCUT2D eigenvalue weighted by Gasteiger charge is 1.90. The predicted octanol–water partition coefficient (Wildman–Crippen LogP) is 2.33. The Morgan fingerprint density at radius 3 is 2.50 bits per heavy atom. The van der Waals surface area contributed by atoms with Crippen molar-refractivity contribution in [1.82, 2.24) is 10.6 Å². The summed E-state index contributed by atoms with van der Waals surface area (Å²) in [6.45, 7) is 6.13. The summed E-state index contributed by atoms with van der Waals surface area (Å²) in [5.74, 6) is 0. The van der Waals surface area contributed by atoms with Gasteiger partial charge in [-0.1, -0.05) is 42.5 Å². The zero-order valence-corrected chi connectivity index (χ0v) is 10.1. The summed E-state index contributed by atoms with van der Waals surface area (Å²) in [4.78, 5) is 0. The Kier molecular flexibility index (Phi) is 7.39. The molecule has 0 unspecified atom stereocenters. The first kappa shape index (κ1) is 12.9. The minimum atomic E-state index is 0.956. The Morgan fingerprint density at radius 2 is 1.75 bits per heavy atom. The number of rotatable bonds is 8. The molecule has 2 N–H and O–H groups in total. The van der Waals surface area contributed by atoms with E-state index in [1.54, 1.807) is 0 Å². The van der Waals surface area contributed by atoms with E-state index in [0.717, 1.165) is 32.6 Å². The molecule has 0 spiro atoms. The minimum absolute atomic E-state index is 0.956. The van der Waals surface area contributed by atoms with Crippen LogP contribution in [0.25, 0.3) is 0 Å². The Balaban J connectivity index is 1.92. The molecular formula is C14H22N2. The normalized spacial score (nSPS) is 11.1. The summed E-state index contributed by atoms with van der Waals surface area (Å²) in [6, 6.07) is 10.5. The van der Waals surface area contributed by atoms with E-state index in [2.05, 4.69) is 54.0 Å². The number of benzene rings is 1. The second kappa shape index (κ2) is 9.13. The Morgan fingerprint density at radius 1 is 1.00 bits per heavy atom. The highest BCUT2D eigenvalue weighted by Crippen LogP contribution is 1.96. The van der Waals surface area contributed by atoms with Crippen molar-refractivity contribution >= 4 is 0 Å². The van der Waals surface area contributed by atoms with Crippen molar-refractivity contribution < 1.29 is 0 Å². The molecule has 0 radical (unpaired) electrons. The molecule has 0 atom stereocenters. The van der Waals surface area contributed by atoms with Crippen LogP contribution >= 0.6 is 0 Å². The maximum Gasteiger partial charge on any atom is 0.0206 e. The molecule has 0 aliphatic heterocycles. The standard InChI is InChI=1S/C14H22N2/c1-2-3-7-10-15-11-12-16-13-14-8-5-4-6-9-14/h2-6,8-9,15-16H,7,10-13H2,1H3/b3-2-. The highest BCUT2D eigenvalue weighted by molar-refractivity contribution is 5.14. The molecule has 1 aromatic carbocycles. The number of nitrogens with one attached hydrogen (secondary N) is 2. The topological polar surface area (TPSA) is 24.1 Å². The monoisotopic (exact) mass is 218 g/mol. The van der Waals surface area contributed by atoms with Crippen molar-refractivity contribution in [2.75, 3.05) is 19.6 Å². The third-order valence-corrected chi connectivity index (χ3v) is 2.37. The van der Waals surface area contributed by atoms with Crippen LogP contribution in [0, 0.1) is 0 Å². The molecule has 2 nitrogen and oxygen atoms in total. The molecule has 0 heterocycles. The van der Waals surface area contributed by atoms with Crippen molar-refractivity contribution in [3.63, 3.8) is 0 Å². The van der Waals surface area contributed by atoms with E-state index in [4.69, 9.17) is 0 Å². The van der Waals surface area contributed by atoms with E-state index in [1.165, 1.54) is 5.56 Å². The number of hydrogen-bond donors (Lipinski definition) is 2. The van der Waals surface area contributed by atoms with Gasteiger partial charge < -0.3 is 10.6 Å². The van der Waals surface area contributed by atoms with Crippen molar-refractivity contribution in [3.05, 3.63) is 48.0 Å². The lowest BCUT2D eigenvalue weighted by atomic mass is 10.2. The summed E-state index contributed by atoms with van der Waals surface area (Å²) in [6.07, 6.45) is 5.40. The van der Waals surface area contributed by atoms with Gasteiger partial charge in [0.25, 0.3) is 0 Å². The molecule has 0 amide bonds. The lowest BCUT2D eigenvalue weighted by molar-refractivity contribution is 0.614. The third-order valence-electron chi connectivity index (χ3n) is 2.37. The van der Waals surface area contributed by atoms with Crippen LogP contribution in [0.5, 0.6) is 0 Å². The molecule has 0 saturated carbocycles. The summed E-state index contributed by atoms with van der Waals surface area (Å²) in [7, 11) is 0. The van der Waals surface area contributed by atoms with Crippen LogP contribution in [0.4, 0.5) is 0 Å². The molecule has 0 fully saturated rings.